The third kappa shape index (κ3) is 8.25. The maximum atomic E-state index is 6.48. The third-order valence-corrected chi connectivity index (χ3v) is 13.0. The molecule has 4 aromatic heterocycles. The van der Waals surface area contributed by atoms with Gasteiger partial charge in [-0.2, -0.15) is 0 Å². The van der Waals surface area contributed by atoms with Gasteiger partial charge in [-0.15, -0.1) is 54.1 Å². The van der Waals surface area contributed by atoms with Gasteiger partial charge in [-0.05, 0) is 83.1 Å². The summed E-state index contributed by atoms with van der Waals surface area (Å²) in [4.78, 5) is 14.6. The summed E-state index contributed by atoms with van der Waals surface area (Å²) in [6.45, 7) is 20.3. The molecule has 0 atom stereocenters. The summed E-state index contributed by atoms with van der Waals surface area (Å²) < 4.78 is 8.79. The Morgan fingerprint density at radius 2 is 1.37 bits per heavy atom. The Labute approximate surface area is 363 Å². The topological polar surface area (TPSA) is 56.7 Å². The van der Waals surface area contributed by atoms with Crippen LogP contribution in [-0.2, 0) is 20.1 Å². The molecule has 5 aromatic carbocycles. The molecule has 0 aliphatic rings. The molecule has 0 aliphatic heterocycles. The second kappa shape index (κ2) is 17.0. The van der Waals surface area contributed by atoms with Crippen LogP contribution >= 0.6 is 0 Å². The number of furan rings is 1. The zero-order chi connectivity index (χ0) is 40.7. The van der Waals surface area contributed by atoms with Gasteiger partial charge in [0.2, 0.25) is 0 Å². The summed E-state index contributed by atoms with van der Waals surface area (Å²) in [6, 6.07) is 46.6. The Kier molecular flexibility index (Phi) is 12.0. The van der Waals surface area contributed by atoms with Crippen LogP contribution in [0.2, 0.25) is 19.6 Å². The maximum absolute atomic E-state index is 6.48. The first kappa shape index (κ1) is 41.7. The predicted molar refractivity (Wildman–Crippen MR) is 245 cm³/mol. The summed E-state index contributed by atoms with van der Waals surface area (Å²) >= 11 is 0. The summed E-state index contributed by atoms with van der Waals surface area (Å²) in [6.07, 6.45) is 4.01. The molecular weight excluding hydrogens is 917 g/mol. The van der Waals surface area contributed by atoms with Crippen molar-refractivity contribution in [3.8, 4) is 39.5 Å². The molecule has 0 aliphatic carbocycles. The van der Waals surface area contributed by atoms with E-state index >= 15 is 0 Å². The van der Waals surface area contributed by atoms with Crippen molar-refractivity contribution in [2.24, 2.45) is 0 Å². The number of benzene rings is 5. The number of pyridine rings is 2. The van der Waals surface area contributed by atoms with E-state index in [-0.39, 0.29) is 31.9 Å². The van der Waals surface area contributed by atoms with Gasteiger partial charge in [0.05, 0.1) is 36.7 Å². The van der Waals surface area contributed by atoms with E-state index in [4.69, 9.17) is 14.4 Å². The Morgan fingerprint density at radius 1 is 0.678 bits per heavy atom. The Morgan fingerprint density at radius 3 is 2.03 bits per heavy atom. The van der Waals surface area contributed by atoms with Crippen LogP contribution in [0.5, 0.6) is 0 Å². The van der Waals surface area contributed by atoms with Crippen LogP contribution < -0.4 is 5.19 Å². The van der Waals surface area contributed by atoms with Gasteiger partial charge in [0, 0.05) is 43.1 Å². The van der Waals surface area contributed by atoms with Crippen LogP contribution in [0.25, 0.3) is 72.4 Å². The molecule has 0 saturated carbocycles. The molecule has 59 heavy (non-hydrogen) atoms. The molecule has 1 radical (unpaired) electrons. The average molecular weight is 967 g/mol. The fourth-order valence-electron chi connectivity index (χ4n) is 7.99. The first-order chi connectivity index (χ1) is 27.9. The van der Waals surface area contributed by atoms with Crippen LogP contribution in [0.3, 0.4) is 0 Å². The Balaban J connectivity index is 0.000000247. The van der Waals surface area contributed by atoms with E-state index in [0.717, 1.165) is 61.3 Å². The quantitative estimate of drug-likeness (QED) is 0.118. The molecule has 0 fully saturated rings. The maximum Gasteiger partial charge on any atom is 0.120 e. The van der Waals surface area contributed by atoms with Gasteiger partial charge in [0.25, 0.3) is 0 Å². The first-order valence-electron chi connectivity index (χ1n) is 20.2. The zero-order valence-corrected chi connectivity index (χ0v) is 38.7. The number of rotatable bonds is 7. The molecule has 9 rings (SSSR count). The normalized spacial score (nSPS) is 11.6. The van der Waals surface area contributed by atoms with Crippen molar-refractivity contribution in [3.63, 3.8) is 0 Å². The van der Waals surface area contributed by atoms with Gasteiger partial charge in [-0.25, -0.2) is 0 Å². The minimum atomic E-state index is -1.27. The smallest absolute Gasteiger partial charge is 0.120 e. The summed E-state index contributed by atoms with van der Waals surface area (Å²) in [5.41, 5.74) is 14.9. The standard InChI is InChI=1S/C37H32N3O.C15H18NSi.Ir/c1-22(2)30-19-26(25-12-7-6-8-13-25)20-31(23(3)4)35(30)40-33-21-38-24(5)18-32(33)39-37(40)29-16-11-15-28-27-14-9-10-17-34(27)41-36(28)29;1-12-10-14(13-8-6-5-7-9-13)16-11-15(12)17(2,3)4;/h6-15,17-23H,1-5H3;5-8,10-11H,1-4H3;/q2*-1;. The fraction of sp³-hybridized carbons (Fsp3) is 0.212. The Hall–Kier alpha value is -5.46. The largest absolute Gasteiger partial charge is 0.501 e. The van der Waals surface area contributed by atoms with Gasteiger partial charge < -0.3 is 14.0 Å². The second-order valence-corrected chi connectivity index (χ2v) is 21.9. The number of aryl methyl sites for hydroxylation is 2. The number of imidazole rings is 1. The van der Waals surface area contributed by atoms with E-state index in [2.05, 4.69) is 161 Å². The van der Waals surface area contributed by atoms with Crippen molar-refractivity contribution in [3.05, 3.63) is 162 Å². The van der Waals surface area contributed by atoms with Crippen molar-refractivity contribution < 1.29 is 24.5 Å². The van der Waals surface area contributed by atoms with Crippen LogP contribution in [0.1, 0.15) is 61.9 Å². The van der Waals surface area contributed by atoms with Crippen LogP contribution in [0.4, 0.5) is 0 Å². The molecule has 299 valence electrons. The van der Waals surface area contributed by atoms with E-state index in [1.165, 1.54) is 38.7 Å². The van der Waals surface area contributed by atoms with Gasteiger partial charge in [-0.3, -0.25) is 9.97 Å². The third-order valence-electron chi connectivity index (χ3n) is 10.9. The molecule has 0 amide bonds. The second-order valence-electron chi connectivity index (χ2n) is 16.9. The average Bonchev–Trinajstić information content (AvgIpc) is 3.79. The van der Waals surface area contributed by atoms with Gasteiger partial charge in [-0.1, -0.05) is 118 Å². The number of hydrogen-bond donors (Lipinski definition) is 0. The number of hydrogen-bond acceptors (Lipinski definition) is 4. The molecule has 7 heteroatoms. The van der Waals surface area contributed by atoms with Crippen LogP contribution in [0, 0.1) is 26.0 Å². The number of aromatic nitrogens is 4. The van der Waals surface area contributed by atoms with Gasteiger partial charge in [0.1, 0.15) is 5.58 Å². The molecule has 9 aromatic rings. The molecule has 5 nitrogen and oxygen atoms in total. The van der Waals surface area contributed by atoms with Crippen LogP contribution in [0.15, 0.2) is 132 Å². The zero-order valence-electron chi connectivity index (χ0n) is 35.3. The summed E-state index contributed by atoms with van der Waals surface area (Å²) in [5.74, 6) is 1.37. The van der Waals surface area contributed by atoms with Crippen molar-refractivity contribution in [2.75, 3.05) is 0 Å². The molecular formula is C52H50IrN4OSi-2. The molecule has 0 saturated heterocycles. The minimum Gasteiger partial charge on any atom is -0.501 e. The van der Waals surface area contributed by atoms with Crippen molar-refractivity contribution in [1.82, 2.24) is 19.5 Å². The number of para-hydroxylation sites is 1. The van der Waals surface area contributed by atoms with Gasteiger partial charge in [0.15, 0.2) is 0 Å². The number of fused-ring (bicyclic) bond motifs is 4. The van der Waals surface area contributed by atoms with Crippen LogP contribution in [-0.4, -0.2) is 27.6 Å². The van der Waals surface area contributed by atoms with E-state index in [0.29, 0.717) is 0 Å². The SMILES string of the molecule is Cc1cc(-c2[c-]cccc2)ncc1[Si](C)(C)C.Cc1cc2nc(-c3[c-]ccc4c3oc3ccccc34)n(-c3c(C(C)C)cc(-c4ccccc4)cc3C(C)C)c2cn1.[Ir]. The van der Waals surface area contributed by atoms with Crippen molar-refractivity contribution >= 4 is 46.2 Å². The molecule has 0 bridgehead atoms. The number of nitrogens with zero attached hydrogens (tertiary/aromatic N) is 4. The van der Waals surface area contributed by atoms with Gasteiger partial charge >= 0.3 is 0 Å². The molecule has 0 unspecified atom stereocenters. The minimum absolute atomic E-state index is 0. The van der Waals surface area contributed by atoms with E-state index in [9.17, 15) is 0 Å². The molecule has 0 spiro atoms. The predicted octanol–water partition coefficient (Wildman–Crippen LogP) is 13.4. The monoisotopic (exact) mass is 967 g/mol. The van der Waals surface area contributed by atoms with E-state index in [1.54, 1.807) is 0 Å². The first-order valence-corrected chi connectivity index (χ1v) is 23.7. The molecule has 4 heterocycles. The van der Waals surface area contributed by atoms with Crippen molar-refractivity contribution in [1.29, 1.82) is 0 Å². The van der Waals surface area contributed by atoms with E-state index < -0.39 is 8.07 Å². The fourth-order valence-corrected chi connectivity index (χ4v) is 9.69. The summed E-state index contributed by atoms with van der Waals surface area (Å²) in [5, 5.41) is 3.60. The summed E-state index contributed by atoms with van der Waals surface area (Å²) in [7, 11) is -1.27. The van der Waals surface area contributed by atoms with E-state index in [1.807, 2.05) is 49.5 Å². The Bertz CT molecular complexity index is 2880. The van der Waals surface area contributed by atoms with Crippen molar-refractivity contribution in [2.45, 2.75) is 73.0 Å². The molecule has 0 N–H and O–H groups in total.